The summed E-state index contributed by atoms with van der Waals surface area (Å²) in [5.74, 6) is -0.327. The van der Waals surface area contributed by atoms with E-state index in [0.29, 0.717) is 13.0 Å². The summed E-state index contributed by atoms with van der Waals surface area (Å²) in [5.41, 5.74) is 0. The third-order valence-electron chi connectivity index (χ3n) is 2.70. The monoisotopic (exact) mass is 216 g/mol. The standard InChI is InChI=1S/C11H20O4/c1-8(7-14-2)15-11(13)9-4-3-5-10(12)6-9/h8-10,12H,3-7H2,1-2H3. The molecule has 0 aromatic rings. The Balaban J connectivity index is 2.32. The highest BCUT2D eigenvalue weighted by Gasteiger charge is 2.28. The smallest absolute Gasteiger partial charge is 0.309 e. The van der Waals surface area contributed by atoms with Crippen LogP contribution in [0.15, 0.2) is 0 Å². The number of rotatable bonds is 4. The Hall–Kier alpha value is -0.610. The number of hydrogen-bond donors (Lipinski definition) is 1. The van der Waals surface area contributed by atoms with Gasteiger partial charge in [0, 0.05) is 7.11 Å². The average Bonchev–Trinajstić information content (AvgIpc) is 2.18. The molecule has 0 amide bonds. The lowest BCUT2D eigenvalue weighted by Crippen LogP contribution is -2.30. The summed E-state index contributed by atoms with van der Waals surface area (Å²) in [6, 6.07) is 0. The first-order valence-corrected chi connectivity index (χ1v) is 5.51. The van der Waals surface area contributed by atoms with Crippen LogP contribution in [-0.2, 0) is 14.3 Å². The minimum Gasteiger partial charge on any atom is -0.460 e. The van der Waals surface area contributed by atoms with Gasteiger partial charge in [-0.05, 0) is 26.2 Å². The van der Waals surface area contributed by atoms with Gasteiger partial charge >= 0.3 is 5.97 Å². The molecule has 0 aromatic carbocycles. The molecule has 0 bridgehead atoms. The van der Waals surface area contributed by atoms with Crippen LogP contribution in [0, 0.1) is 5.92 Å². The lowest BCUT2D eigenvalue weighted by atomic mass is 9.87. The Kier molecular flexibility index (Phi) is 5.05. The summed E-state index contributed by atoms with van der Waals surface area (Å²) >= 11 is 0. The first-order chi connectivity index (χ1) is 7.13. The van der Waals surface area contributed by atoms with E-state index in [9.17, 15) is 9.90 Å². The van der Waals surface area contributed by atoms with Crippen LogP contribution >= 0.6 is 0 Å². The predicted molar refractivity (Wildman–Crippen MR) is 55.4 cm³/mol. The largest absolute Gasteiger partial charge is 0.460 e. The fraction of sp³-hybridized carbons (Fsp3) is 0.909. The van der Waals surface area contributed by atoms with Gasteiger partial charge in [0.1, 0.15) is 6.10 Å². The Morgan fingerprint density at radius 1 is 1.53 bits per heavy atom. The maximum Gasteiger partial charge on any atom is 0.309 e. The lowest BCUT2D eigenvalue weighted by Gasteiger charge is -2.25. The van der Waals surface area contributed by atoms with Gasteiger partial charge in [-0.3, -0.25) is 4.79 Å². The van der Waals surface area contributed by atoms with Crippen LogP contribution in [0.1, 0.15) is 32.6 Å². The summed E-state index contributed by atoms with van der Waals surface area (Å²) in [6.07, 6.45) is 2.53. The second-order valence-electron chi connectivity index (χ2n) is 4.22. The number of esters is 1. The quantitative estimate of drug-likeness (QED) is 0.715. The van der Waals surface area contributed by atoms with Crippen LogP contribution in [0.4, 0.5) is 0 Å². The molecule has 0 saturated heterocycles. The number of aliphatic hydroxyl groups is 1. The van der Waals surface area contributed by atoms with E-state index in [4.69, 9.17) is 9.47 Å². The first-order valence-electron chi connectivity index (χ1n) is 5.51. The van der Waals surface area contributed by atoms with Gasteiger partial charge in [0.25, 0.3) is 0 Å². The third-order valence-corrected chi connectivity index (χ3v) is 2.70. The van der Waals surface area contributed by atoms with Crippen molar-refractivity contribution in [2.75, 3.05) is 13.7 Å². The molecule has 0 heterocycles. The highest BCUT2D eigenvalue weighted by atomic mass is 16.6. The predicted octanol–water partition coefficient (Wildman–Crippen LogP) is 1.12. The molecule has 88 valence electrons. The van der Waals surface area contributed by atoms with E-state index in [0.717, 1.165) is 19.3 Å². The van der Waals surface area contributed by atoms with E-state index < -0.39 is 0 Å². The highest BCUT2D eigenvalue weighted by Crippen LogP contribution is 2.25. The van der Waals surface area contributed by atoms with Crippen LogP contribution in [-0.4, -0.2) is 37.0 Å². The number of carbonyl (C=O) groups excluding carboxylic acids is 1. The summed E-state index contributed by atoms with van der Waals surface area (Å²) in [6.45, 7) is 2.22. The molecule has 1 rings (SSSR count). The molecule has 1 N–H and O–H groups in total. The SMILES string of the molecule is COCC(C)OC(=O)C1CCCC(O)C1. The molecule has 1 saturated carbocycles. The number of hydrogen-bond acceptors (Lipinski definition) is 4. The molecule has 0 aromatic heterocycles. The van der Waals surface area contributed by atoms with Gasteiger partial charge in [-0.2, -0.15) is 0 Å². The lowest BCUT2D eigenvalue weighted by molar-refractivity contribution is -0.158. The molecular weight excluding hydrogens is 196 g/mol. The van der Waals surface area contributed by atoms with E-state index in [2.05, 4.69) is 0 Å². The zero-order chi connectivity index (χ0) is 11.3. The molecule has 1 aliphatic carbocycles. The molecule has 4 nitrogen and oxygen atoms in total. The number of aliphatic hydroxyl groups excluding tert-OH is 1. The van der Waals surface area contributed by atoms with Crippen molar-refractivity contribution in [3.63, 3.8) is 0 Å². The molecule has 1 aliphatic rings. The molecule has 3 unspecified atom stereocenters. The van der Waals surface area contributed by atoms with Gasteiger partial charge in [-0.25, -0.2) is 0 Å². The van der Waals surface area contributed by atoms with Gasteiger partial charge in [-0.1, -0.05) is 6.42 Å². The first kappa shape index (κ1) is 12.5. The molecule has 0 aliphatic heterocycles. The maximum absolute atomic E-state index is 11.6. The van der Waals surface area contributed by atoms with Crippen LogP contribution in [0.2, 0.25) is 0 Å². The van der Waals surface area contributed by atoms with Crippen molar-refractivity contribution in [1.82, 2.24) is 0 Å². The van der Waals surface area contributed by atoms with Crippen molar-refractivity contribution in [2.45, 2.75) is 44.8 Å². The highest BCUT2D eigenvalue weighted by molar-refractivity contribution is 5.72. The molecule has 0 radical (unpaired) electrons. The van der Waals surface area contributed by atoms with Gasteiger partial charge < -0.3 is 14.6 Å². The van der Waals surface area contributed by atoms with Crippen LogP contribution < -0.4 is 0 Å². The van der Waals surface area contributed by atoms with Crippen LogP contribution in [0.25, 0.3) is 0 Å². The van der Waals surface area contributed by atoms with Crippen molar-refractivity contribution in [2.24, 2.45) is 5.92 Å². The Morgan fingerprint density at radius 2 is 2.27 bits per heavy atom. The minimum absolute atomic E-state index is 0.131. The second kappa shape index (κ2) is 6.08. The molecule has 1 fully saturated rings. The van der Waals surface area contributed by atoms with E-state index in [-0.39, 0.29) is 24.1 Å². The fourth-order valence-electron chi connectivity index (χ4n) is 1.94. The van der Waals surface area contributed by atoms with Gasteiger partial charge in [-0.15, -0.1) is 0 Å². The molecule has 3 atom stereocenters. The average molecular weight is 216 g/mol. The summed E-state index contributed by atoms with van der Waals surface area (Å²) in [7, 11) is 1.58. The third kappa shape index (κ3) is 4.18. The Bertz CT molecular complexity index is 205. The Morgan fingerprint density at radius 3 is 2.87 bits per heavy atom. The second-order valence-corrected chi connectivity index (χ2v) is 4.22. The van der Waals surface area contributed by atoms with Gasteiger partial charge in [0.05, 0.1) is 18.6 Å². The fourth-order valence-corrected chi connectivity index (χ4v) is 1.94. The maximum atomic E-state index is 11.6. The van der Waals surface area contributed by atoms with E-state index in [1.54, 1.807) is 14.0 Å². The van der Waals surface area contributed by atoms with Crippen molar-refractivity contribution in [3.05, 3.63) is 0 Å². The zero-order valence-corrected chi connectivity index (χ0v) is 9.44. The van der Waals surface area contributed by atoms with Crippen LogP contribution in [0.5, 0.6) is 0 Å². The number of methoxy groups -OCH3 is 1. The van der Waals surface area contributed by atoms with Crippen molar-refractivity contribution < 1.29 is 19.4 Å². The topological polar surface area (TPSA) is 55.8 Å². The van der Waals surface area contributed by atoms with Crippen molar-refractivity contribution in [3.8, 4) is 0 Å². The summed E-state index contributed by atoms with van der Waals surface area (Å²) < 4.78 is 10.1. The van der Waals surface area contributed by atoms with E-state index in [1.807, 2.05) is 0 Å². The van der Waals surface area contributed by atoms with Crippen molar-refractivity contribution in [1.29, 1.82) is 0 Å². The zero-order valence-electron chi connectivity index (χ0n) is 9.44. The molecule has 0 spiro atoms. The summed E-state index contributed by atoms with van der Waals surface area (Å²) in [4.78, 5) is 11.6. The van der Waals surface area contributed by atoms with Gasteiger partial charge in [0.2, 0.25) is 0 Å². The van der Waals surface area contributed by atoms with Gasteiger partial charge in [0.15, 0.2) is 0 Å². The number of carbonyl (C=O) groups is 1. The van der Waals surface area contributed by atoms with Crippen molar-refractivity contribution >= 4 is 5.97 Å². The summed E-state index contributed by atoms with van der Waals surface area (Å²) in [5, 5.41) is 9.43. The van der Waals surface area contributed by atoms with Crippen LogP contribution in [0.3, 0.4) is 0 Å². The molecular formula is C11H20O4. The van der Waals surface area contributed by atoms with E-state index >= 15 is 0 Å². The molecule has 15 heavy (non-hydrogen) atoms. The minimum atomic E-state index is -0.339. The number of ether oxygens (including phenoxy) is 2. The normalized spacial score (nSPS) is 28.5. The Labute approximate surface area is 90.6 Å². The van der Waals surface area contributed by atoms with E-state index in [1.165, 1.54) is 0 Å². The molecule has 4 heteroatoms.